The Bertz CT molecular complexity index is 607. The minimum atomic E-state index is -0.329. The van der Waals surface area contributed by atoms with E-state index in [9.17, 15) is 4.39 Å². The van der Waals surface area contributed by atoms with Crippen LogP contribution in [-0.2, 0) is 0 Å². The van der Waals surface area contributed by atoms with Crippen molar-refractivity contribution in [2.45, 2.75) is 13.3 Å². The van der Waals surface area contributed by atoms with Crippen molar-refractivity contribution in [3.8, 4) is 0 Å². The largest absolute Gasteiger partial charge is 0.369 e. The lowest BCUT2D eigenvalue weighted by Gasteiger charge is -2.11. The van der Waals surface area contributed by atoms with Crippen LogP contribution in [0.15, 0.2) is 33.5 Å². The van der Waals surface area contributed by atoms with Gasteiger partial charge in [-0.1, -0.05) is 6.92 Å². The summed E-state index contributed by atoms with van der Waals surface area (Å²) in [5.74, 6) is 0.965. The highest BCUT2D eigenvalue weighted by Gasteiger charge is 2.09. The van der Waals surface area contributed by atoms with Gasteiger partial charge in [0.05, 0.1) is 4.47 Å². The molecule has 1 aromatic carbocycles. The molecule has 0 aliphatic heterocycles. The molecule has 4 nitrogen and oxygen atoms in total. The third kappa shape index (κ3) is 3.67. The van der Waals surface area contributed by atoms with Crippen LogP contribution in [-0.4, -0.2) is 16.5 Å². The van der Waals surface area contributed by atoms with Crippen molar-refractivity contribution in [1.29, 1.82) is 0 Å². The average molecular weight is 404 g/mol. The summed E-state index contributed by atoms with van der Waals surface area (Å²) >= 11 is 6.57. The summed E-state index contributed by atoms with van der Waals surface area (Å²) in [5.41, 5.74) is 0.617. The van der Waals surface area contributed by atoms with Crippen LogP contribution in [0.3, 0.4) is 0 Å². The van der Waals surface area contributed by atoms with E-state index in [0.29, 0.717) is 21.8 Å². The minimum absolute atomic E-state index is 0.329. The van der Waals surface area contributed by atoms with Gasteiger partial charge in [-0.3, -0.25) is 0 Å². The molecule has 1 heterocycles. The van der Waals surface area contributed by atoms with Crippen LogP contribution in [0, 0.1) is 5.82 Å². The zero-order valence-corrected chi connectivity index (χ0v) is 13.9. The average Bonchev–Trinajstić information content (AvgIpc) is 2.44. The molecule has 0 aliphatic carbocycles. The van der Waals surface area contributed by atoms with Crippen molar-refractivity contribution in [3.05, 3.63) is 39.3 Å². The molecular weight excluding hydrogens is 391 g/mol. The number of nitrogens with zero attached hydrogens (tertiary/aromatic N) is 2. The lowest BCUT2D eigenvalue weighted by atomic mass is 10.3. The fourth-order valence-corrected chi connectivity index (χ4v) is 2.22. The molecule has 20 heavy (non-hydrogen) atoms. The molecule has 0 spiro atoms. The van der Waals surface area contributed by atoms with Crippen molar-refractivity contribution in [2.24, 2.45) is 0 Å². The molecule has 0 atom stereocenters. The Morgan fingerprint density at radius 1 is 1.20 bits per heavy atom. The van der Waals surface area contributed by atoms with Gasteiger partial charge in [0.25, 0.3) is 0 Å². The van der Waals surface area contributed by atoms with Crippen LogP contribution < -0.4 is 10.6 Å². The third-order valence-electron chi connectivity index (χ3n) is 2.51. The van der Waals surface area contributed by atoms with Gasteiger partial charge in [-0.25, -0.2) is 14.4 Å². The van der Waals surface area contributed by atoms with Gasteiger partial charge in [-0.15, -0.1) is 0 Å². The Morgan fingerprint density at radius 2 is 1.95 bits per heavy atom. The molecule has 0 saturated heterocycles. The second-order valence-corrected chi connectivity index (χ2v) is 5.71. The summed E-state index contributed by atoms with van der Waals surface area (Å²) in [7, 11) is 0. The van der Waals surface area contributed by atoms with Gasteiger partial charge in [0, 0.05) is 12.2 Å². The Balaban J connectivity index is 2.22. The Kier molecular flexibility index (Phi) is 5.31. The topological polar surface area (TPSA) is 49.8 Å². The van der Waals surface area contributed by atoms with Crippen LogP contribution in [0.5, 0.6) is 0 Å². The molecule has 0 fully saturated rings. The summed E-state index contributed by atoms with van der Waals surface area (Å²) < 4.78 is 14.6. The Hall–Kier alpha value is -1.21. The molecular formula is C13H13Br2FN4. The number of benzene rings is 1. The van der Waals surface area contributed by atoms with Crippen LogP contribution >= 0.6 is 31.9 Å². The molecule has 2 rings (SSSR count). The molecule has 7 heteroatoms. The molecule has 0 bridgehead atoms. The highest BCUT2D eigenvalue weighted by atomic mass is 79.9. The number of nitrogens with one attached hydrogen (secondary N) is 2. The van der Waals surface area contributed by atoms with Gasteiger partial charge < -0.3 is 10.6 Å². The molecule has 2 N–H and O–H groups in total. The summed E-state index contributed by atoms with van der Waals surface area (Å²) in [5, 5.41) is 6.25. The van der Waals surface area contributed by atoms with E-state index in [-0.39, 0.29) is 5.82 Å². The van der Waals surface area contributed by atoms with E-state index >= 15 is 0 Å². The highest BCUT2D eigenvalue weighted by molar-refractivity contribution is 9.11. The van der Waals surface area contributed by atoms with Gasteiger partial charge in [0.2, 0.25) is 0 Å². The number of halogens is 3. The maximum Gasteiger partial charge on any atom is 0.150 e. The first kappa shape index (κ1) is 15.2. The van der Waals surface area contributed by atoms with E-state index in [0.717, 1.165) is 17.4 Å². The first-order valence-electron chi connectivity index (χ1n) is 6.08. The molecule has 106 valence electrons. The monoisotopic (exact) mass is 402 g/mol. The van der Waals surface area contributed by atoms with E-state index in [1.54, 1.807) is 12.1 Å². The standard InChI is InChI=1S/C13H13Br2FN4/c1-2-5-17-12-11(15)13(19-7-18-12)20-8-3-4-9(14)10(16)6-8/h3-4,6-7H,2,5H2,1H3,(H2,17,18,19,20). The SMILES string of the molecule is CCCNc1ncnc(Nc2ccc(Br)c(F)c2)c1Br. The zero-order valence-electron chi connectivity index (χ0n) is 10.8. The predicted molar refractivity (Wildman–Crippen MR) is 85.9 cm³/mol. The number of anilines is 3. The molecule has 0 unspecified atom stereocenters. The smallest absolute Gasteiger partial charge is 0.150 e. The van der Waals surface area contributed by atoms with E-state index in [4.69, 9.17) is 0 Å². The van der Waals surface area contributed by atoms with Crippen molar-refractivity contribution >= 4 is 49.2 Å². The molecule has 0 aliphatic rings. The second-order valence-electron chi connectivity index (χ2n) is 4.07. The van der Waals surface area contributed by atoms with E-state index in [2.05, 4.69) is 59.4 Å². The summed E-state index contributed by atoms with van der Waals surface area (Å²) in [6.45, 7) is 2.90. The molecule has 0 radical (unpaired) electrons. The third-order valence-corrected chi connectivity index (χ3v) is 3.91. The fourth-order valence-electron chi connectivity index (χ4n) is 1.53. The van der Waals surface area contributed by atoms with Crippen molar-refractivity contribution in [3.63, 3.8) is 0 Å². The van der Waals surface area contributed by atoms with Gasteiger partial charge in [0.15, 0.2) is 0 Å². The highest BCUT2D eigenvalue weighted by Crippen LogP contribution is 2.29. The molecule has 0 saturated carbocycles. The van der Waals surface area contributed by atoms with Crippen LogP contribution in [0.2, 0.25) is 0 Å². The van der Waals surface area contributed by atoms with Gasteiger partial charge in [0.1, 0.15) is 28.3 Å². The number of hydrogen-bond donors (Lipinski definition) is 2. The van der Waals surface area contributed by atoms with Crippen LogP contribution in [0.4, 0.5) is 21.7 Å². The second kappa shape index (κ2) is 6.99. The van der Waals surface area contributed by atoms with Gasteiger partial charge >= 0.3 is 0 Å². The summed E-state index contributed by atoms with van der Waals surface area (Å²) in [6, 6.07) is 4.81. The van der Waals surface area contributed by atoms with E-state index < -0.39 is 0 Å². The van der Waals surface area contributed by atoms with Gasteiger partial charge in [-0.2, -0.15) is 0 Å². The predicted octanol–water partition coefficient (Wildman–Crippen LogP) is 4.71. The number of rotatable bonds is 5. The summed E-state index contributed by atoms with van der Waals surface area (Å²) in [4.78, 5) is 8.31. The Morgan fingerprint density at radius 3 is 2.65 bits per heavy atom. The summed E-state index contributed by atoms with van der Waals surface area (Å²) in [6.07, 6.45) is 2.46. The van der Waals surface area contributed by atoms with Gasteiger partial charge in [-0.05, 0) is 56.5 Å². The van der Waals surface area contributed by atoms with Crippen LogP contribution in [0.1, 0.15) is 13.3 Å². The van der Waals surface area contributed by atoms with E-state index in [1.165, 1.54) is 12.4 Å². The lowest BCUT2D eigenvalue weighted by molar-refractivity contribution is 0.622. The maximum absolute atomic E-state index is 13.5. The van der Waals surface area contributed by atoms with E-state index in [1.807, 2.05) is 0 Å². The molecule has 0 amide bonds. The van der Waals surface area contributed by atoms with Crippen LogP contribution in [0.25, 0.3) is 0 Å². The maximum atomic E-state index is 13.5. The minimum Gasteiger partial charge on any atom is -0.369 e. The van der Waals surface area contributed by atoms with Crippen molar-refractivity contribution < 1.29 is 4.39 Å². The number of aromatic nitrogens is 2. The first-order chi connectivity index (χ1) is 9.61. The normalized spacial score (nSPS) is 10.4. The quantitative estimate of drug-likeness (QED) is 0.759. The molecule has 1 aromatic heterocycles. The first-order valence-corrected chi connectivity index (χ1v) is 7.67. The fraction of sp³-hybridized carbons (Fsp3) is 0.231. The van der Waals surface area contributed by atoms with Crippen molar-refractivity contribution in [1.82, 2.24) is 9.97 Å². The molecule has 2 aromatic rings. The Labute approximate surface area is 133 Å². The number of hydrogen-bond acceptors (Lipinski definition) is 4. The lowest BCUT2D eigenvalue weighted by Crippen LogP contribution is -2.05. The van der Waals surface area contributed by atoms with Crippen molar-refractivity contribution in [2.75, 3.05) is 17.2 Å². The zero-order chi connectivity index (χ0) is 14.5.